The molecule has 1 N–H and O–H groups in total. The fraction of sp³-hybridized carbons (Fsp3) is 0.0769. The zero-order valence-electron chi connectivity index (χ0n) is 18.3. The number of fused-ring (bicyclic) bond motifs is 1. The van der Waals surface area contributed by atoms with Crippen molar-refractivity contribution in [2.45, 2.75) is 13.1 Å². The molecule has 5 nitrogen and oxygen atoms in total. The first kappa shape index (κ1) is 22.7. The smallest absolute Gasteiger partial charge is 0.322 e. The van der Waals surface area contributed by atoms with Crippen LogP contribution < -0.4 is 5.32 Å². The number of benzene rings is 2. The zero-order valence-corrected chi connectivity index (χ0v) is 19.1. The Morgan fingerprint density at radius 1 is 0.943 bits per heavy atom. The lowest BCUT2D eigenvalue weighted by molar-refractivity contribution is -0.138. The number of nitrogens with one attached hydrogen (secondary N) is 1. The van der Waals surface area contributed by atoms with Gasteiger partial charge in [0.1, 0.15) is 11.2 Å². The molecule has 1 amide bonds. The van der Waals surface area contributed by atoms with Crippen molar-refractivity contribution in [2.24, 2.45) is 0 Å². The molecule has 0 atom stereocenters. The van der Waals surface area contributed by atoms with E-state index in [1.807, 2.05) is 24.3 Å². The molecule has 9 heteroatoms. The molecule has 0 unspecified atom stereocenters. The predicted octanol–water partition coefficient (Wildman–Crippen LogP) is 7.00. The number of carbonyl (C=O) groups excluding carboxylic acids is 1. The van der Waals surface area contributed by atoms with Gasteiger partial charge in [-0.1, -0.05) is 18.2 Å². The van der Waals surface area contributed by atoms with Crippen LogP contribution >= 0.6 is 11.3 Å². The summed E-state index contributed by atoms with van der Waals surface area (Å²) in [6, 6.07) is 16.4. The molecule has 0 fully saturated rings. The average molecular weight is 491 g/mol. The van der Waals surface area contributed by atoms with E-state index in [0.29, 0.717) is 11.4 Å². The van der Waals surface area contributed by atoms with Gasteiger partial charge in [0.05, 0.1) is 11.3 Å². The summed E-state index contributed by atoms with van der Waals surface area (Å²) in [5.74, 6) is -0.629. The van der Waals surface area contributed by atoms with Gasteiger partial charge in [0.2, 0.25) is 0 Å². The predicted molar refractivity (Wildman–Crippen MR) is 130 cm³/mol. The Balaban J connectivity index is 1.46. The minimum absolute atomic E-state index is 0.0609. The SMILES string of the molecule is Cc1ccc(C(=O)Nc2cccc(-c3ncnc4sc(-c5ccncc5)cc34)c2)cc1C(F)(F)F. The molecule has 3 heterocycles. The van der Waals surface area contributed by atoms with E-state index < -0.39 is 17.6 Å². The summed E-state index contributed by atoms with van der Waals surface area (Å²) in [6.07, 6.45) is 0.406. The molecule has 0 saturated carbocycles. The number of hydrogen-bond acceptors (Lipinski definition) is 5. The van der Waals surface area contributed by atoms with E-state index in [9.17, 15) is 18.0 Å². The lowest BCUT2D eigenvalue weighted by atomic mass is 10.0. The van der Waals surface area contributed by atoms with Crippen molar-refractivity contribution < 1.29 is 18.0 Å². The van der Waals surface area contributed by atoms with Crippen LogP contribution in [0.5, 0.6) is 0 Å². The van der Waals surface area contributed by atoms with Gasteiger partial charge in [0.25, 0.3) is 5.91 Å². The third-order valence-electron chi connectivity index (χ3n) is 5.49. The van der Waals surface area contributed by atoms with Gasteiger partial charge in [-0.05, 0) is 60.5 Å². The largest absolute Gasteiger partial charge is 0.416 e. The van der Waals surface area contributed by atoms with E-state index >= 15 is 0 Å². The van der Waals surface area contributed by atoms with Gasteiger partial charge in [-0.25, -0.2) is 9.97 Å². The zero-order chi connectivity index (χ0) is 24.6. The molecule has 35 heavy (non-hydrogen) atoms. The number of carbonyl (C=O) groups is 1. The van der Waals surface area contributed by atoms with Crippen LogP contribution in [0, 0.1) is 6.92 Å². The first-order valence-electron chi connectivity index (χ1n) is 10.5. The Hall–Kier alpha value is -4.11. The highest BCUT2D eigenvalue weighted by atomic mass is 32.1. The number of nitrogens with zero attached hydrogens (tertiary/aromatic N) is 3. The minimum atomic E-state index is -4.53. The molecule has 0 aliphatic heterocycles. The van der Waals surface area contributed by atoms with Crippen molar-refractivity contribution in [3.8, 4) is 21.7 Å². The molecular formula is C26H17F3N4OS. The van der Waals surface area contributed by atoms with E-state index in [1.165, 1.54) is 36.7 Å². The number of thiophene rings is 1. The summed E-state index contributed by atoms with van der Waals surface area (Å²) in [6.45, 7) is 1.36. The van der Waals surface area contributed by atoms with Gasteiger partial charge < -0.3 is 5.32 Å². The molecule has 0 saturated heterocycles. The lowest BCUT2D eigenvalue weighted by Gasteiger charge is -2.12. The summed E-state index contributed by atoms with van der Waals surface area (Å²) >= 11 is 1.54. The van der Waals surface area contributed by atoms with Crippen LogP contribution in [0.1, 0.15) is 21.5 Å². The van der Waals surface area contributed by atoms with E-state index in [0.717, 1.165) is 32.3 Å². The third-order valence-corrected chi connectivity index (χ3v) is 6.59. The second kappa shape index (κ2) is 8.92. The van der Waals surface area contributed by atoms with Crippen LogP contribution in [0.3, 0.4) is 0 Å². The number of anilines is 1. The number of halogens is 3. The molecule has 0 aliphatic rings. The summed E-state index contributed by atoms with van der Waals surface area (Å²) in [7, 11) is 0. The molecule has 174 valence electrons. The highest BCUT2D eigenvalue weighted by molar-refractivity contribution is 7.21. The average Bonchev–Trinajstić information content (AvgIpc) is 3.29. The van der Waals surface area contributed by atoms with Gasteiger partial charge in [-0.3, -0.25) is 9.78 Å². The van der Waals surface area contributed by atoms with Crippen molar-refractivity contribution in [1.82, 2.24) is 15.0 Å². The van der Waals surface area contributed by atoms with E-state index in [4.69, 9.17) is 0 Å². The van der Waals surface area contributed by atoms with Crippen molar-refractivity contribution in [1.29, 1.82) is 0 Å². The maximum atomic E-state index is 13.3. The second-order valence-electron chi connectivity index (χ2n) is 7.85. The van der Waals surface area contributed by atoms with E-state index in [-0.39, 0.29) is 11.1 Å². The quantitative estimate of drug-likeness (QED) is 0.295. The van der Waals surface area contributed by atoms with Crippen molar-refractivity contribution >= 4 is 33.1 Å². The standard InChI is InChI=1S/C26H17F3N4OS/c1-15-5-6-18(12-21(15)26(27,28)29)24(34)33-19-4-2-3-17(11-19)23-20-13-22(16-7-9-30-10-8-16)35-25(20)32-14-31-23/h2-14H,1H3,(H,33,34). The van der Waals surface area contributed by atoms with Gasteiger partial charge in [0.15, 0.2) is 0 Å². The Morgan fingerprint density at radius 3 is 2.51 bits per heavy atom. The maximum Gasteiger partial charge on any atom is 0.416 e. The fourth-order valence-corrected chi connectivity index (χ4v) is 4.76. The molecule has 0 radical (unpaired) electrons. The highest BCUT2D eigenvalue weighted by Crippen LogP contribution is 2.37. The Labute approximate surface area is 202 Å². The molecular weight excluding hydrogens is 473 g/mol. The normalized spacial score (nSPS) is 11.5. The first-order valence-corrected chi connectivity index (χ1v) is 11.4. The summed E-state index contributed by atoms with van der Waals surface area (Å²) in [4.78, 5) is 27.5. The summed E-state index contributed by atoms with van der Waals surface area (Å²) < 4.78 is 39.8. The van der Waals surface area contributed by atoms with E-state index in [2.05, 4.69) is 20.3 Å². The first-order chi connectivity index (χ1) is 16.8. The summed E-state index contributed by atoms with van der Waals surface area (Å²) in [5.41, 5.74) is 2.06. The number of pyridine rings is 1. The number of aryl methyl sites for hydroxylation is 1. The van der Waals surface area contributed by atoms with Crippen molar-refractivity contribution in [3.63, 3.8) is 0 Å². The van der Waals surface area contributed by atoms with Gasteiger partial charge in [-0.2, -0.15) is 13.2 Å². The number of rotatable bonds is 4. The van der Waals surface area contributed by atoms with Crippen LogP contribution in [-0.4, -0.2) is 20.9 Å². The van der Waals surface area contributed by atoms with Gasteiger partial charge >= 0.3 is 6.18 Å². The molecule has 0 aliphatic carbocycles. The van der Waals surface area contributed by atoms with E-state index in [1.54, 1.807) is 30.6 Å². The number of aromatic nitrogens is 3. The summed E-state index contributed by atoms with van der Waals surface area (Å²) in [5, 5.41) is 3.55. The third kappa shape index (κ3) is 4.63. The Morgan fingerprint density at radius 2 is 1.74 bits per heavy atom. The second-order valence-corrected chi connectivity index (χ2v) is 8.88. The number of hydrogen-bond donors (Lipinski definition) is 1. The van der Waals surface area contributed by atoms with Crippen LogP contribution in [0.4, 0.5) is 18.9 Å². The topological polar surface area (TPSA) is 67.8 Å². The molecule has 2 aromatic carbocycles. The monoisotopic (exact) mass is 490 g/mol. The van der Waals surface area contributed by atoms with Crippen molar-refractivity contribution in [2.75, 3.05) is 5.32 Å². The lowest BCUT2D eigenvalue weighted by Crippen LogP contribution is -2.15. The molecule has 0 spiro atoms. The van der Waals surface area contributed by atoms with Crippen LogP contribution in [0.2, 0.25) is 0 Å². The highest BCUT2D eigenvalue weighted by Gasteiger charge is 2.33. The van der Waals surface area contributed by atoms with Crippen LogP contribution in [0.15, 0.2) is 79.4 Å². The maximum absolute atomic E-state index is 13.3. The molecule has 3 aromatic heterocycles. The number of alkyl halides is 3. The minimum Gasteiger partial charge on any atom is -0.322 e. The number of amides is 1. The Bertz CT molecular complexity index is 1550. The Kier molecular flexibility index (Phi) is 5.78. The molecule has 5 rings (SSSR count). The molecule has 0 bridgehead atoms. The van der Waals surface area contributed by atoms with Crippen molar-refractivity contribution in [3.05, 3.63) is 96.1 Å². The van der Waals surface area contributed by atoms with Gasteiger partial charge in [-0.15, -0.1) is 11.3 Å². The molecule has 5 aromatic rings. The van der Waals surface area contributed by atoms with Crippen LogP contribution in [0.25, 0.3) is 31.9 Å². The van der Waals surface area contributed by atoms with Gasteiger partial charge in [0, 0.05) is 39.5 Å². The fourth-order valence-electron chi connectivity index (χ4n) is 3.76. The van der Waals surface area contributed by atoms with Crippen LogP contribution in [-0.2, 0) is 6.18 Å².